The van der Waals surface area contributed by atoms with Gasteiger partial charge < -0.3 is 0 Å². The summed E-state index contributed by atoms with van der Waals surface area (Å²) < 4.78 is 0. The fraction of sp³-hybridized carbons (Fsp3) is 0. The van der Waals surface area contributed by atoms with Crippen LogP contribution in [0.15, 0.2) is 33.9 Å². The van der Waals surface area contributed by atoms with Gasteiger partial charge in [0, 0.05) is 0 Å². The highest BCUT2D eigenvalue weighted by Gasteiger charge is 1.99. The van der Waals surface area contributed by atoms with Crippen LogP contribution in [0.25, 0.3) is 10.9 Å². The molecule has 2 rings (SSSR count). The third-order valence-corrected chi connectivity index (χ3v) is 1.66. The quantitative estimate of drug-likeness (QED) is 0.556. The van der Waals surface area contributed by atoms with Crippen LogP contribution in [-0.2, 0) is 0 Å². The van der Waals surface area contributed by atoms with Crippen molar-refractivity contribution in [3.05, 3.63) is 44.8 Å². The van der Waals surface area contributed by atoms with Crippen molar-refractivity contribution in [2.75, 3.05) is 0 Å². The highest BCUT2D eigenvalue weighted by atomic mass is 16.2. The summed E-state index contributed by atoms with van der Waals surface area (Å²) in [5.41, 5.74) is -0.958. The van der Waals surface area contributed by atoms with Crippen LogP contribution in [0.4, 0.5) is 0 Å². The maximum atomic E-state index is 11.3. The molecule has 1 heterocycles. The number of rotatable bonds is 0. The maximum absolute atomic E-state index is 11.3. The second-order valence-electron chi connectivity index (χ2n) is 2.49. The van der Waals surface area contributed by atoms with Crippen molar-refractivity contribution in [3.8, 4) is 0 Å². The fourth-order valence-electron chi connectivity index (χ4n) is 1.05. The average molecular weight is 175 g/mol. The number of H-pyrrole nitrogens is 1. The molecule has 5 heteroatoms. The van der Waals surface area contributed by atoms with Gasteiger partial charge >= 0.3 is 5.56 Å². The van der Waals surface area contributed by atoms with Gasteiger partial charge in [-0.2, -0.15) is 0 Å². The molecule has 2 aromatic rings. The second-order valence-corrected chi connectivity index (χ2v) is 2.49. The average Bonchev–Trinajstić information content (AvgIpc) is 2.29. The zero-order chi connectivity index (χ0) is 9.26. The molecule has 1 aromatic heterocycles. The maximum Gasteiger partial charge on any atom is 0.313 e. The molecule has 0 bridgehead atoms. The molecule has 5 nitrogen and oxygen atoms in total. The van der Waals surface area contributed by atoms with Crippen molar-refractivity contribution < 1.29 is 0 Å². The predicted octanol–water partition coefficient (Wildman–Crippen LogP) is -0.322. The summed E-state index contributed by atoms with van der Waals surface area (Å²) >= 11 is 0. The Morgan fingerprint density at radius 3 is 2.77 bits per heavy atom. The highest BCUT2D eigenvalue weighted by Crippen LogP contribution is 2.00. The van der Waals surface area contributed by atoms with E-state index in [0.29, 0.717) is 5.52 Å². The minimum absolute atomic E-state index is 0.279. The van der Waals surface area contributed by atoms with E-state index in [0.717, 1.165) is 0 Å². The second kappa shape index (κ2) is 2.78. The Labute approximate surface area is 72.0 Å². The molecule has 0 saturated carbocycles. The van der Waals surface area contributed by atoms with E-state index >= 15 is 0 Å². The van der Waals surface area contributed by atoms with Gasteiger partial charge in [-0.05, 0) is 12.1 Å². The summed E-state index contributed by atoms with van der Waals surface area (Å²) in [6.45, 7) is 0. The smallest absolute Gasteiger partial charge is 0.283 e. The zero-order valence-electron chi connectivity index (χ0n) is 6.52. The van der Waals surface area contributed by atoms with Gasteiger partial charge in [0.15, 0.2) is 0 Å². The van der Waals surface area contributed by atoms with Crippen LogP contribution in [-0.4, -0.2) is 15.4 Å². The predicted molar refractivity (Wildman–Crippen MR) is 46.4 cm³/mol. The molecule has 13 heavy (non-hydrogen) atoms. The van der Waals surface area contributed by atoms with Gasteiger partial charge in [-0.25, -0.2) is 5.10 Å². The van der Waals surface area contributed by atoms with Crippen LogP contribution in [0, 0.1) is 0 Å². The Morgan fingerprint density at radius 2 is 1.92 bits per heavy atom. The van der Waals surface area contributed by atoms with Gasteiger partial charge in [0.05, 0.1) is 10.9 Å². The van der Waals surface area contributed by atoms with Crippen LogP contribution < -0.4 is 11.0 Å². The highest BCUT2D eigenvalue weighted by molar-refractivity contribution is 5.76. The van der Waals surface area contributed by atoms with Crippen molar-refractivity contribution in [2.45, 2.75) is 0 Å². The first kappa shape index (κ1) is 7.60. The molecule has 0 spiro atoms. The Balaban J connectivity index is 3.16. The molecule has 1 N–H and O–H groups in total. The van der Waals surface area contributed by atoms with Crippen molar-refractivity contribution in [1.29, 1.82) is 0 Å². The summed E-state index contributed by atoms with van der Waals surface area (Å²) in [6.07, 6.45) is 0. The van der Waals surface area contributed by atoms with Crippen molar-refractivity contribution in [3.63, 3.8) is 0 Å². The number of hydrogen-bond donors (Lipinski definition) is 1. The van der Waals surface area contributed by atoms with Crippen molar-refractivity contribution in [1.82, 2.24) is 15.4 Å². The molecule has 0 fully saturated rings. The van der Waals surface area contributed by atoms with Crippen LogP contribution in [0.1, 0.15) is 0 Å². The molecule has 0 atom stereocenters. The first-order valence-corrected chi connectivity index (χ1v) is 3.63. The summed E-state index contributed by atoms with van der Waals surface area (Å²) in [7, 11) is 0. The topological polar surface area (TPSA) is 75.7 Å². The Bertz CT molecular complexity index is 562. The number of nitrogens with one attached hydrogen (secondary N) is 1. The number of aromatic nitrogens is 3. The molecule has 0 aliphatic heterocycles. The normalized spacial score (nSPS) is 10.2. The Morgan fingerprint density at radius 1 is 1.15 bits per heavy atom. The largest absolute Gasteiger partial charge is 0.313 e. The number of hydrogen-bond acceptors (Lipinski definition) is 4. The molecule has 0 radical (unpaired) electrons. The molecule has 0 saturated heterocycles. The van der Waals surface area contributed by atoms with Gasteiger partial charge in [0.2, 0.25) is 0 Å². The summed E-state index contributed by atoms with van der Waals surface area (Å²) in [6, 6.07) is 6.56. The van der Waals surface area contributed by atoms with E-state index in [1.807, 2.05) is 5.10 Å². The van der Waals surface area contributed by atoms with E-state index in [1.165, 1.54) is 0 Å². The van der Waals surface area contributed by atoms with E-state index in [-0.39, 0.29) is 5.39 Å². The molecule has 1 aromatic carbocycles. The first-order chi connectivity index (χ1) is 6.29. The van der Waals surface area contributed by atoms with Crippen LogP contribution in [0.2, 0.25) is 0 Å². The van der Waals surface area contributed by atoms with Gasteiger partial charge in [-0.1, -0.05) is 17.3 Å². The summed E-state index contributed by atoms with van der Waals surface area (Å²) in [4.78, 5) is 22.3. The zero-order valence-corrected chi connectivity index (χ0v) is 6.52. The fourth-order valence-corrected chi connectivity index (χ4v) is 1.05. The lowest BCUT2D eigenvalue weighted by Crippen LogP contribution is -2.23. The molecular formula is C8H5N3O2. The van der Waals surface area contributed by atoms with Gasteiger partial charge in [-0.3, -0.25) is 9.59 Å². The molecule has 0 amide bonds. The molecule has 0 unspecified atom stereocenters. The van der Waals surface area contributed by atoms with Crippen molar-refractivity contribution >= 4 is 10.9 Å². The van der Waals surface area contributed by atoms with E-state index in [2.05, 4.69) is 10.3 Å². The lowest BCUT2D eigenvalue weighted by molar-refractivity contribution is 0.883. The van der Waals surface area contributed by atoms with Gasteiger partial charge in [0.1, 0.15) is 0 Å². The van der Waals surface area contributed by atoms with Crippen LogP contribution >= 0.6 is 0 Å². The van der Waals surface area contributed by atoms with E-state index in [4.69, 9.17) is 0 Å². The van der Waals surface area contributed by atoms with Gasteiger partial charge in [-0.15, -0.1) is 5.10 Å². The SMILES string of the molecule is O=c1[nH]nnc2ccccc2c1=O. The molecule has 0 aliphatic rings. The Kier molecular flexibility index (Phi) is 1.63. The van der Waals surface area contributed by atoms with E-state index in [9.17, 15) is 9.59 Å². The van der Waals surface area contributed by atoms with Gasteiger partial charge in [0.25, 0.3) is 5.43 Å². The van der Waals surface area contributed by atoms with Crippen molar-refractivity contribution in [2.24, 2.45) is 0 Å². The summed E-state index contributed by atoms with van der Waals surface area (Å²) in [5.74, 6) is 0. The minimum Gasteiger partial charge on any atom is -0.283 e. The lowest BCUT2D eigenvalue weighted by Gasteiger charge is -1.83. The number of aromatic amines is 1. The third kappa shape index (κ3) is 1.20. The molecule has 64 valence electrons. The minimum atomic E-state index is -0.756. The summed E-state index contributed by atoms with van der Waals surface area (Å²) in [5, 5.41) is 9.30. The Hall–Kier alpha value is -2.04. The van der Waals surface area contributed by atoms with Crippen LogP contribution in [0.3, 0.4) is 0 Å². The molecule has 0 aliphatic carbocycles. The number of benzene rings is 1. The monoisotopic (exact) mass is 175 g/mol. The third-order valence-electron chi connectivity index (χ3n) is 1.66. The first-order valence-electron chi connectivity index (χ1n) is 3.63. The van der Waals surface area contributed by atoms with E-state index < -0.39 is 11.0 Å². The number of nitrogens with zero attached hydrogens (tertiary/aromatic N) is 2. The van der Waals surface area contributed by atoms with E-state index in [1.54, 1.807) is 24.3 Å². The number of fused-ring (bicyclic) bond motifs is 1. The van der Waals surface area contributed by atoms with Crippen LogP contribution in [0.5, 0.6) is 0 Å². The molecular weight excluding hydrogens is 170 g/mol. The standard InChI is InChI=1S/C8H5N3O2/c12-7-5-3-1-2-4-6(5)9-11-10-8(7)13/h1-4H,(H,9,10,12,13). The lowest BCUT2D eigenvalue weighted by atomic mass is 10.2.